The Morgan fingerprint density at radius 2 is 2.21 bits per heavy atom. The molecule has 0 spiro atoms. The van der Waals surface area contributed by atoms with Crippen LogP contribution in [0.2, 0.25) is 0 Å². The van der Waals surface area contributed by atoms with Gasteiger partial charge in [0.05, 0.1) is 0 Å². The standard InChI is InChI=1S/C11H14BrNO/c1-13(2)10-6-8-5-9(12)3-4-11(8)14-7-10/h3-5,10H,6-7H2,1-2H3/t10-/m0/s1. The molecule has 0 radical (unpaired) electrons. The summed E-state index contributed by atoms with van der Waals surface area (Å²) in [6.07, 6.45) is 1.07. The van der Waals surface area contributed by atoms with Crippen LogP contribution in [0, 0.1) is 0 Å². The molecule has 0 N–H and O–H groups in total. The van der Waals surface area contributed by atoms with Gasteiger partial charge in [-0.1, -0.05) is 15.9 Å². The zero-order chi connectivity index (χ0) is 10.1. The second-order valence-electron chi connectivity index (χ2n) is 3.88. The Hall–Kier alpha value is -0.540. The molecule has 2 nitrogen and oxygen atoms in total. The van der Waals surface area contributed by atoms with E-state index in [0.717, 1.165) is 23.2 Å². The highest BCUT2D eigenvalue weighted by Gasteiger charge is 2.21. The lowest BCUT2D eigenvalue weighted by atomic mass is 10.0. The van der Waals surface area contributed by atoms with E-state index in [9.17, 15) is 0 Å². The van der Waals surface area contributed by atoms with E-state index in [1.54, 1.807) is 0 Å². The summed E-state index contributed by atoms with van der Waals surface area (Å²) in [6.45, 7) is 0.793. The van der Waals surface area contributed by atoms with Crippen molar-refractivity contribution >= 4 is 15.9 Å². The van der Waals surface area contributed by atoms with Gasteiger partial charge in [-0.2, -0.15) is 0 Å². The first-order valence-electron chi connectivity index (χ1n) is 4.74. The van der Waals surface area contributed by atoms with Crippen molar-refractivity contribution in [3.05, 3.63) is 28.2 Å². The first kappa shape index (κ1) is 9.99. The van der Waals surface area contributed by atoms with Crippen LogP contribution in [0.1, 0.15) is 5.56 Å². The molecular formula is C11H14BrNO. The summed E-state index contributed by atoms with van der Waals surface area (Å²) >= 11 is 3.48. The van der Waals surface area contributed by atoms with Gasteiger partial charge in [0, 0.05) is 10.5 Å². The number of benzene rings is 1. The van der Waals surface area contributed by atoms with Crippen molar-refractivity contribution in [3.8, 4) is 5.75 Å². The third-order valence-corrected chi connectivity index (χ3v) is 3.13. The molecule has 0 aromatic heterocycles. The highest BCUT2D eigenvalue weighted by molar-refractivity contribution is 9.10. The number of rotatable bonds is 1. The summed E-state index contributed by atoms with van der Waals surface area (Å²) < 4.78 is 6.81. The molecule has 1 heterocycles. The number of halogens is 1. The predicted molar refractivity (Wildman–Crippen MR) is 60.8 cm³/mol. The molecule has 76 valence electrons. The molecule has 0 unspecified atom stereocenters. The number of nitrogens with zero attached hydrogens (tertiary/aromatic N) is 1. The van der Waals surface area contributed by atoms with E-state index in [2.05, 4.69) is 41.0 Å². The van der Waals surface area contributed by atoms with Gasteiger partial charge in [-0.05, 0) is 44.3 Å². The lowest BCUT2D eigenvalue weighted by Crippen LogP contribution is -2.38. The number of likely N-dealkylation sites (N-methyl/N-ethyl adjacent to an activating group) is 1. The smallest absolute Gasteiger partial charge is 0.122 e. The third kappa shape index (κ3) is 1.93. The number of fused-ring (bicyclic) bond motifs is 1. The van der Waals surface area contributed by atoms with Gasteiger partial charge in [-0.15, -0.1) is 0 Å². The molecule has 1 atom stereocenters. The van der Waals surface area contributed by atoms with Crippen LogP contribution in [-0.2, 0) is 6.42 Å². The molecule has 1 aromatic carbocycles. The van der Waals surface area contributed by atoms with Crippen molar-refractivity contribution in [2.45, 2.75) is 12.5 Å². The van der Waals surface area contributed by atoms with Gasteiger partial charge in [-0.25, -0.2) is 0 Å². The zero-order valence-electron chi connectivity index (χ0n) is 8.46. The van der Waals surface area contributed by atoms with E-state index in [1.807, 2.05) is 12.1 Å². The molecule has 14 heavy (non-hydrogen) atoms. The SMILES string of the molecule is CN(C)[C@@H]1COc2ccc(Br)cc2C1. The molecule has 2 rings (SSSR count). The highest BCUT2D eigenvalue weighted by Crippen LogP contribution is 2.28. The minimum Gasteiger partial charge on any atom is -0.492 e. The summed E-state index contributed by atoms with van der Waals surface area (Å²) in [5, 5.41) is 0. The summed E-state index contributed by atoms with van der Waals surface area (Å²) in [6, 6.07) is 6.70. The molecule has 1 aliphatic rings. The highest BCUT2D eigenvalue weighted by atomic mass is 79.9. The van der Waals surface area contributed by atoms with E-state index in [1.165, 1.54) is 5.56 Å². The lowest BCUT2D eigenvalue weighted by Gasteiger charge is -2.30. The minimum absolute atomic E-state index is 0.497. The van der Waals surface area contributed by atoms with E-state index in [4.69, 9.17) is 4.74 Å². The number of hydrogen-bond acceptors (Lipinski definition) is 2. The lowest BCUT2D eigenvalue weighted by molar-refractivity contribution is 0.165. The van der Waals surface area contributed by atoms with Crippen molar-refractivity contribution in [2.24, 2.45) is 0 Å². The molecule has 0 aliphatic carbocycles. The van der Waals surface area contributed by atoms with Gasteiger partial charge in [0.15, 0.2) is 0 Å². The molecule has 1 aliphatic heterocycles. The fraction of sp³-hybridized carbons (Fsp3) is 0.455. The Balaban J connectivity index is 2.24. The molecule has 0 saturated carbocycles. The second kappa shape index (κ2) is 3.91. The van der Waals surface area contributed by atoms with Crippen molar-refractivity contribution in [2.75, 3.05) is 20.7 Å². The van der Waals surface area contributed by atoms with Crippen LogP contribution < -0.4 is 4.74 Å². The van der Waals surface area contributed by atoms with Crippen molar-refractivity contribution < 1.29 is 4.74 Å². The quantitative estimate of drug-likeness (QED) is 0.764. The molecule has 0 saturated heterocycles. The maximum Gasteiger partial charge on any atom is 0.122 e. The first-order valence-corrected chi connectivity index (χ1v) is 5.54. The Labute approximate surface area is 93.0 Å². The average Bonchev–Trinajstić information content (AvgIpc) is 2.16. The average molecular weight is 256 g/mol. The Kier molecular flexibility index (Phi) is 2.79. The normalized spacial score (nSPS) is 20.4. The van der Waals surface area contributed by atoms with Crippen LogP contribution in [-0.4, -0.2) is 31.6 Å². The zero-order valence-corrected chi connectivity index (χ0v) is 10.0. The van der Waals surface area contributed by atoms with Gasteiger partial charge in [0.25, 0.3) is 0 Å². The maximum atomic E-state index is 5.69. The number of hydrogen-bond donors (Lipinski definition) is 0. The second-order valence-corrected chi connectivity index (χ2v) is 4.80. The van der Waals surface area contributed by atoms with E-state index in [0.29, 0.717) is 6.04 Å². The first-order chi connectivity index (χ1) is 6.66. The topological polar surface area (TPSA) is 12.5 Å². The minimum atomic E-state index is 0.497. The number of ether oxygens (including phenoxy) is 1. The van der Waals surface area contributed by atoms with Gasteiger partial charge >= 0.3 is 0 Å². The van der Waals surface area contributed by atoms with Crippen molar-refractivity contribution in [3.63, 3.8) is 0 Å². The molecule has 1 aromatic rings. The van der Waals surface area contributed by atoms with Crippen LogP contribution in [0.15, 0.2) is 22.7 Å². The largest absolute Gasteiger partial charge is 0.492 e. The third-order valence-electron chi connectivity index (χ3n) is 2.64. The van der Waals surface area contributed by atoms with E-state index >= 15 is 0 Å². The Morgan fingerprint density at radius 3 is 2.93 bits per heavy atom. The molecule has 0 bridgehead atoms. The monoisotopic (exact) mass is 255 g/mol. The van der Waals surface area contributed by atoms with Gasteiger partial charge in [0.1, 0.15) is 12.4 Å². The molecule has 0 amide bonds. The van der Waals surface area contributed by atoms with Crippen LogP contribution in [0.5, 0.6) is 5.75 Å². The summed E-state index contributed by atoms with van der Waals surface area (Å²) in [7, 11) is 4.19. The summed E-state index contributed by atoms with van der Waals surface area (Å²) in [5.74, 6) is 1.03. The van der Waals surface area contributed by atoms with E-state index < -0.39 is 0 Å². The van der Waals surface area contributed by atoms with Gasteiger partial charge in [-0.3, -0.25) is 0 Å². The van der Waals surface area contributed by atoms with Crippen LogP contribution in [0.25, 0.3) is 0 Å². The van der Waals surface area contributed by atoms with Crippen LogP contribution >= 0.6 is 15.9 Å². The predicted octanol–water partition coefficient (Wildman–Crippen LogP) is 2.31. The van der Waals surface area contributed by atoms with Crippen molar-refractivity contribution in [1.29, 1.82) is 0 Å². The van der Waals surface area contributed by atoms with Gasteiger partial charge in [0.2, 0.25) is 0 Å². The van der Waals surface area contributed by atoms with Gasteiger partial charge < -0.3 is 9.64 Å². The summed E-state index contributed by atoms with van der Waals surface area (Å²) in [5.41, 5.74) is 1.30. The van der Waals surface area contributed by atoms with Crippen LogP contribution in [0.3, 0.4) is 0 Å². The Morgan fingerprint density at radius 1 is 1.43 bits per heavy atom. The summed E-state index contributed by atoms with van der Waals surface area (Å²) in [4.78, 5) is 2.21. The molecular weight excluding hydrogens is 242 g/mol. The maximum absolute atomic E-state index is 5.69. The molecule has 0 fully saturated rings. The van der Waals surface area contributed by atoms with E-state index in [-0.39, 0.29) is 0 Å². The fourth-order valence-electron chi connectivity index (χ4n) is 1.68. The Bertz CT molecular complexity index is 338. The van der Waals surface area contributed by atoms with Crippen LogP contribution in [0.4, 0.5) is 0 Å². The molecule has 3 heteroatoms. The van der Waals surface area contributed by atoms with Crippen molar-refractivity contribution in [1.82, 2.24) is 4.90 Å². The fourth-order valence-corrected chi connectivity index (χ4v) is 2.09.